The van der Waals surface area contributed by atoms with Crippen molar-refractivity contribution in [2.75, 3.05) is 33.7 Å². The van der Waals surface area contributed by atoms with Crippen LogP contribution in [-0.4, -0.2) is 55.9 Å². The highest BCUT2D eigenvalue weighted by atomic mass is 127. The highest BCUT2D eigenvalue weighted by Gasteiger charge is 2.28. The normalized spacial score (nSPS) is 12.4. The average molecular weight is 505 g/mol. The van der Waals surface area contributed by atoms with Crippen LogP contribution in [0, 0.1) is 0 Å². The van der Waals surface area contributed by atoms with Crippen molar-refractivity contribution < 1.29 is 17.7 Å². The van der Waals surface area contributed by atoms with E-state index in [-0.39, 0.29) is 24.0 Å². The Hall–Kier alpha value is -1.04. The van der Waals surface area contributed by atoms with Crippen molar-refractivity contribution in [3.63, 3.8) is 0 Å². The van der Waals surface area contributed by atoms with Gasteiger partial charge in [-0.05, 0) is 32.9 Å². The lowest BCUT2D eigenvalue weighted by Gasteiger charge is -2.18. The topological polar surface area (TPSA) is 65.7 Å². The Morgan fingerprint density at radius 3 is 2.52 bits per heavy atom. The Balaban J connectivity index is 0.00000676. The van der Waals surface area contributed by atoms with Gasteiger partial charge in [-0.15, -0.1) is 24.0 Å². The summed E-state index contributed by atoms with van der Waals surface area (Å²) in [6.45, 7) is 4.67. The maximum absolute atomic E-state index is 12.3. The fourth-order valence-electron chi connectivity index (χ4n) is 2.64. The van der Waals surface area contributed by atoms with Gasteiger partial charge in [0.05, 0.1) is 18.8 Å². The number of hydrogen-bond donors (Lipinski definition) is 2. The lowest BCUT2D eigenvalue weighted by atomic mass is 9.99. The second kappa shape index (κ2) is 13.2. The largest absolute Gasteiger partial charge is 0.401 e. The lowest BCUT2D eigenvalue weighted by Crippen LogP contribution is -2.38. The maximum Gasteiger partial charge on any atom is 0.401 e. The number of hydrogen-bond acceptors (Lipinski definition) is 4. The number of nitrogens with zero attached hydrogens (tertiary/aromatic N) is 3. The zero-order valence-corrected chi connectivity index (χ0v) is 18.7. The molecule has 0 aliphatic heterocycles. The Morgan fingerprint density at radius 2 is 1.96 bits per heavy atom. The van der Waals surface area contributed by atoms with Crippen LogP contribution in [0.1, 0.15) is 50.5 Å². The fraction of sp³-hybridized carbons (Fsp3) is 0.765. The third-order valence-corrected chi connectivity index (χ3v) is 4.09. The average Bonchev–Trinajstić information content (AvgIpc) is 3.02. The molecule has 0 unspecified atom stereocenters. The van der Waals surface area contributed by atoms with Gasteiger partial charge in [-0.2, -0.15) is 13.2 Å². The summed E-state index contributed by atoms with van der Waals surface area (Å²) in [4.78, 5) is 5.35. The number of halogens is 4. The molecule has 1 heterocycles. The maximum atomic E-state index is 12.3. The van der Waals surface area contributed by atoms with Gasteiger partial charge < -0.3 is 15.2 Å². The molecule has 0 aliphatic rings. The quantitative estimate of drug-likeness (QED) is 0.220. The van der Waals surface area contributed by atoms with E-state index in [9.17, 15) is 13.2 Å². The predicted octanol–water partition coefficient (Wildman–Crippen LogP) is 3.75. The molecule has 1 aromatic heterocycles. The van der Waals surface area contributed by atoms with Crippen LogP contribution in [0.15, 0.2) is 15.6 Å². The first kappa shape index (κ1) is 26.0. The SMILES string of the molecule is CCC(CC)c1cc(CNC(=NC)NCCCN(C)CC(F)(F)F)on1.I. The number of rotatable bonds is 10. The number of alkyl halides is 3. The number of nitrogens with one attached hydrogen (secondary N) is 2. The van der Waals surface area contributed by atoms with E-state index >= 15 is 0 Å². The molecule has 6 nitrogen and oxygen atoms in total. The second-order valence-corrected chi connectivity index (χ2v) is 6.29. The van der Waals surface area contributed by atoms with E-state index in [1.807, 2.05) is 6.07 Å². The van der Waals surface area contributed by atoms with Crippen molar-refractivity contribution in [1.29, 1.82) is 0 Å². The number of aromatic nitrogens is 1. The molecule has 1 aromatic rings. The Kier molecular flexibility index (Phi) is 12.7. The molecule has 0 spiro atoms. The summed E-state index contributed by atoms with van der Waals surface area (Å²) < 4.78 is 42.1. The number of guanidine groups is 1. The summed E-state index contributed by atoms with van der Waals surface area (Å²) in [6, 6.07) is 1.95. The summed E-state index contributed by atoms with van der Waals surface area (Å²) in [5.74, 6) is 1.70. The molecule has 0 fully saturated rings. The van der Waals surface area contributed by atoms with E-state index < -0.39 is 12.7 Å². The first-order chi connectivity index (χ1) is 12.3. The van der Waals surface area contributed by atoms with Crippen molar-refractivity contribution >= 4 is 29.9 Å². The molecule has 0 saturated carbocycles. The predicted molar refractivity (Wildman–Crippen MR) is 112 cm³/mol. The molecular formula is C17H31F3IN5O. The van der Waals surface area contributed by atoms with Crippen molar-refractivity contribution in [2.45, 2.75) is 51.7 Å². The van der Waals surface area contributed by atoms with E-state index in [1.165, 1.54) is 11.9 Å². The van der Waals surface area contributed by atoms with E-state index in [0.29, 0.717) is 37.9 Å². The van der Waals surface area contributed by atoms with E-state index in [0.717, 1.165) is 24.3 Å². The number of aliphatic imine (C=N–C) groups is 1. The highest BCUT2D eigenvalue weighted by Crippen LogP contribution is 2.22. The van der Waals surface area contributed by atoms with E-state index in [4.69, 9.17) is 4.52 Å². The van der Waals surface area contributed by atoms with Crippen molar-refractivity contribution in [3.8, 4) is 0 Å². The third kappa shape index (κ3) is 10.8. The minimum absolute atomic E-state index is 0. The molecular weight excluding hydrogens is 474 g/mol. The van der Waals surface area contributed by atoms with Gasteiger partial charge in [-0.1, -0.05) is 19.0 Å². The van der Waals surface area contributed by atoms with Gasteiger partial charge in [0.25, 0.3) is 0 Å². The molecule has 10 heteroatoms. The third-order valence-electron chi connectivity index (χ3n) is 4.09. The molecule has 27 heavy (non-hydrogen) atoms. The molecule has 158 valence electrons. The van der Waals surface area contributed by atoms with Crippen LogP contribution < -0.4 is 10.6 Å². The van der Waals surface area contributed by atoms with Gasteiger partial charge in [-0.25, -0.2) is 0 Å². The Morgan fingerprint density at radius 1 is 1.30 bits per heavy atom. The monoisotopic (exact) mass is 505 g/mol. The molecule has 0 aliphatic carbocycles. The van der Waals surface area contributed by atoms with Gasteiger partial charge >= 0.3 is 6.18 Å². The van der Waals surface area contributed by atoms with Gasteiger partial charge in [0.2, 0.25) is 0 Å². The van der Waals surface area contributed by atoms with Crippen LogP contribution in [-0.2, 0) is 6.54 Å². The van der Waals surface area contributed by atoms with E-state index in [2.05, 4.69) is 34.6 Å². The van der Waals surface area contributed by atoms with Crippen LogP contribution >= 0.6 is 24.0 Å². The zero-order chi connectivity index (χ0) is 19.6. The first-order valence-corrected chi connectivity index (χ1v) is 8.94. The molecule has 0 atom stereocenters. The van der Waals surface area contributed by atoms with Crippen molar-refractivity contribution in [1.82, 2.24) is 20.7 Å². The molecule has 0 bridgehead atoms. The Labute approximate surface area is 176 Å². The molecule has 0 aromatic carbocycles. The van der Waals surface area contributed by atoms with Gasteiger partial charge in [-0.3, -0.25) is 9.89 Å². The molecule has 2 N–H and O–H groups in total. The van der Waals surface area contributed by atoms with Crippen LogP contribution in [0.25, 0.3) is 0 Å². The van der Waals surface area contributed by atoms with Gasteiger partial charge in [0.1, 0.15) is 0 Å². The highest BCUT2D eigenvalue weighted by molar-refractivity contribution is 14.0. The minimum Gasteiger partial charge on any atom is -0.359 e. The zero-order valence-electron chi connectivity index (χ0n) is 16.4. The summed E-state index contributed by atoms with van der Waals surface area (Å²) in [6.07, 6.45) is -1.55. The second-order valence-electron chi connectivity index (χ2n) is 6.29. The fourth-order valence-corrected chi connectivity index (χ4v) is 2.64. The molecule has 0 radical (unpaired) electrons. The van der Waals surface area contributed by atoms with Crippen LogP contribution in [0.2, 0.25) is 0 Å². The lowest BCUT2D eigenvalue weighted by molar-refractivity contribution is -0.143. The molecule has 0 amide bonds. The molecule has 0 saturated heterocycles. The van der Waals surface area contributed by atoms with Crippen molar-refractivity contribution in [2.24, 2.45) is 4.99 Å². The van der Waals surface area contributed by atoms with Crippen molar-refractivity contribution in [3.05, 3.63) is 17.5 Å². The molecule has 1 rings (SSSR count). The van der Waals surface area contributed by atoms with Gasteiger partial charge in [0, 0.05) is 25.6 Å². The van der Waals surface area contributed by atoms with E-state index in [1.54, 1.807) is 7.05 Å². The van der Waals surface area contributed by atoms with Crippen LogP contribution in [0.5, 0.6) is 0 Å². The minimum atomic E-state index is -4.16. The Bertz CT molecular complexity index is 547. The van der Waals surface area contributed by atoms with Gasteiger partial charge in [0.15, 0.2) is 11.7 Å². The summed E-state index contributed by atoms with van der Waals surface area (Å²) in [7, 11) is 3.10. The summed E-state index contributed by atoms with van der Waals surface area (Å²) >= 11 is 0. The summed E-state index contributed by atoms with van der Waals surface area (Å²) in [5.41, 5.74) is 0.961. The van der Waals surface area contributed by atoms with Crippen LogP contribution in [0.3, 0.4) is 0 Å². The smallest absolute Gasteiger partial charge is 0.359 e. The first-order valence-electron chi connectivity index (χ1n) is 8.94. The van der Waals surface area contributed by atoms with Crippen LogP contribution in [0.4, 0.5) is 13.2 Å². The standard InChI is InChI=1S/C17H30F3N5O.HI/c1-5-13(6-2)15-10-14(26-24-15)11-23-16(21-3)22-8-7-9-25(4)12-17(18,19)20;/h10,13H,5-9,11-12H2,1-4H3,(H2,21,22,23);1H. The summed E-state index contributed by atoms with van der Waals surface area (Å²) in [5, 5.41) is 10.3.